The van der Waals surface area contributed by atoms with Crippen molar-refractivity contribution in [2.45, 2.75) is 25.3 Å². The molecule has 0 aliphatic heterocycles. The highest BCUT2D eigenvalue weighted by molar-refractivity contribution is 5.02. The third-order valence-corrected chi connectivity index (χ3v) is 1.85. The van der Waals surface area contributed by atoms with Gasteiger partial charge >= 0.3 is 0 Å². The summed E-state index contributed by atoms with van der Waals surface area (Å²) in [5.41, 5.74) is 5.54. The third-order valence-electron chi connectivity index (χ3n) is 1.85. The number of hydrogen-bond acceptors (Lipinski definition) is 1. The molecular formula is C7H11N. The van der Waals surface area contributed by atoms with Crippen LogP contribution in [0.25, 0.3) is 0 Å². The van der Waals surface area contributed by atoms with E-state index in [1.54, 1.807) is 0 Å². The monoisotopic (exact) mass is 109 g/mol. The van der Waals surface area contributed by atoms with Gasteiger partial charge in [-0.25, -0.2) is 0 Å². The lowest BCUT2D eigenvalue weighted by atomic mass is 9.80. The quantitative estimate of drug-likeness (QED) is 0.494. The molecule has 1 atom stereocenters. The molecule has 8 heavy (non-hydrogen) atoms. The van der Waals surface area contributed by atoms with E-state index in [-0.39, 0.29) is 6.04 Å². The summed E-state index contributed by atoms with van der Waals surface area (Å²) in [6, 6.07) is 0.0312. The molecule has 0 aromatic carbocycles. The van der Waals surface area contributed by atoms with Crippen LogP contribution in [-0.4, -0.2) is 6.04 Å². The summed E-state index contributed by atoms with van der Waals surface area (Å²) in [5, 5.41) is 0. The minimum absolute atomic E-state index is 0.0312. The van der Waals surface area contributed by atoms with Gasteiger partial charge in [0.15, 0.2) is 0 Å². The molecule has 1 heteroatoms. The molecule has 0 heterocycles. The van der Waals surface area contributed by atoms with Crippen molar-refractivity contribution in [2.75, 3.05) is 0 Å². The number of nitrogens with two attached hydrogens (primary N) is 1. The van der Waals surface area contributed by atoms with Gasteiger partial charge in [-0.15, -0.1) is 6.42 Å². The first-order valence-electron chi connectivity index (χ1n) is 3.06. The van der Waals surface area contributed by atoms with Crippen molar-refractivity contribution in [2.24, 2.45) is 11.7 Å². The lowest BCUT2D eigenvalue weighted by Gasteiger charge is -2.27. The average Bonchev–Trinajstić information content (AvgIpc) is 1.62. The Morgan fingerprint density at radius 1 is 1.62 bits per heavy atom. The zero-order valence-corrected chi connectivity index (χ0v) is 4.93. The molecule has 0 bridgehead atoms. The van der Waals surface area contributed by atoms with Crippen LogP contribution in [0.5, 0.6) is 0 Å². The summed E-state index contributed by atoms with van der Waals surface area (Å²) >= 11 is 0. The van der Waals surface area contributed by atoms with E-state index in [1.807, 2.05) is 0 Å². The van der Waals surface area contributed by atoms with Gasteiger partial charge < -0.3 is 5.73 Å². The van der Waals surface area contributed by atoms with Gasteiger partial charge in [-0.3, -0.25) is 0 Å². The summed E-state index contributed by atoms with van der Waals surface area (Å²) in [4.78, 5) is 0. The molecule has 0 aromatic rings. The molecule has 1 nitrogen and oxygen atoms in total. The average molecular weight is 109 g/mol. The van der Waals surface area contributed by atoms with Crippen molar-refractivity contribution in [1.82, 2.24) is 0 Å². The van der Waals surface area contributed by atoms with E-state index in [4.69, 9.17) is 12.2 Å². The van der Waals surface area contributed by atoms with E-state index < -0.39 is 0 Å². The number of hydrogen-bond donors (Lipinski definition) is 1. The van der Waals surface area contributed by atoms with Crippen LogP contribution in [0.1, 0.15) is 19.3 Å². The molecule has 0 radical (unpaired) electrons. The van der Waals surface area contributed by atoms with Crippen molar-refractivity contribution in [3.05, 3.63) is 0 Å². The second-order valence-corrected chi connectivity index (χ2v) is 2.38. The summed E-state index contributed by atoms with van der Waals surface area (Å²) in [7, 11) is 0. The van der Waals surface area contributed by atoms with E-state index >= 15 is 0 Å². The smallest absolute Gasteiger partial charge is 0.0690 e. The largest absolute Gasteiger partial charge is 0.317 e. The van der Waals surface area contributed by atoms with Crippen LogP contribution >= 0.6 is 0 Å². The van der Waals surface area contributed by atoms with Crippen molar-refractivity contribution in [3.63, 3.8) is 0 Å². The Morgan fingerprint density at radius 3 is 2.38 bits per heavy atom. The second kappa shape index (κ2) is 2.19. The van der Waals surface area contributed by atoms with Crippen LogP contribution in [-0.2, 0) is 0 Å². The van der Waals surface area contributed by atoms with E-state index in [0.717, 1.165) is 0 Å². The van der Waals surface area contributed by atoms with Crippen molar-refractivity contribution < 1.29 is 0 Å². The van der Waals surface area contributed by atoms with Crippen molar-refractivity contribution >= 4 is 0 Å². The van der Waals surface area contributed by atoms with E-state index in [9.17, 15) is 0 Å². The van der Waals surface area contributed by atoms with Crippen LogP contribution in [0.2, 0.25) is 0 Å². The van der Waals surface area contributed by atoms with Gasteiger partial charge in [0.25, 0.3) is 0 Å². The zero-order chi connectivity index (χ0) is 5.98. The Kier molecular flexibility index (Phi) is 1.55. The molecule has 1 aliphatic carbocycles. The molecule has 0 saturated heterocycles. The fourth-order valence-electron chi connectivity index (χ4n) is 0.935. The van der Waals surface area contributed by atoms with E-state index in [2.05, 4.69) is 5.92 Å². The number of rotatable bonds is 1. The molecule has 1 fully saturated rings. The van der Waals surface area contributed by atoms with Gasteiger partial charge in [-0.2, -0.15) is 0 Å². The Balaban J connectivity index is 2.26. The van der Waals surface area contributed by atoms with E-state index in [1.165, 1.54) is 19.3 Å². The maximum absolute atomic E-state index is 5.54. The molecule has 44 valence electrons. The minimum Gasteiger partial charge on any atom is -0.317 e. The first-order chi connectivity index (χ1) is 3.84. The second-order valence-electron chi connectivity index (χ2n) is 2.38. The van der Waals surface area contributed by atoms with Gasteiger partial charge in [-0.1, -0.05) is 12.3 Å². The fraction of sp³-hybridized carbons (Fsp3) is 0.714. The summed E-state index contributed by atoms with van der Waals surface area (Å²) in [6.45, 7) is 0. The first kappa shape index (κ1) is 5.65. The van der Waals surface area contributed by atoms with Crippen LogP contribution in [0.4, 0.5) is 0 Å². The Labute approximate surface area is 50.3 Å². The maximum Gasteiger partial charge on any atom is 0.0690 e. The first-order valence-corrected chi connectivity index (χ1v) is 3.06. The van der Waals surface area contributed by atoms with Crippen LogP contribution in [0.3, 0.4) is 0 Å². The molecular weight excluding hydrogens is 98.1 g/mol. The standard InChI is InChI=1S/C7H11N/c1-2-7(8)6-4-3-5-6/h1,6-7H,3-5,8H2. The van der Waals surface area contributed by atoms with Crippen LogP contribution in [0.15, 0.2) is 0 Å². The highest BCUT2D eigenvalue weighted by Gasteiger charge is 2.22. The zero-order valence-electron chi connectivity index (χ0n) is 4.93. The minimum atomic E-state index is 0.0312. The lowest BCUT2D eigenvalue weighted by Crippen LogP contribution is -2.32. The van der Waals surface area contributed by atoms with Gasteiger partial charge in [0.05, 0.1) is 6.04 Å². The molecule has 1 unspecified atom stereocenters. The number of terminal acetylenes is 1. The van der Waals surface area contributed by atoms with Gasteiger partial charge in [0.1, 0.15) is 0 Å². The normalized spacial score (nSPS) is 23.5. The van der Waals surface area contributed by atoms with Crippen LogP contribution in [0, 0.1) is 18.3 Å². The SMILES string of the molecule is C#CC(N)C1CCC1. The molecule has 1 rings (SSSR count). The van der Waals surface area contributed by atoms with Crippen LogP contribution < -0.4 is 5.73 Å². The lowest BCUT2D eigenvalue weighted by molar-refractivity contribution is 0.294. The van der Waals surface area contributed by atoms with E-state index in [0.29, 0.717) is 5.92 Å². The fourth-order valence-corrected chi connectivity index (χ4v) is 0.935. The molecule has 0 spiro atoms. The van der Waals surface area contributed by atoms with Crippen molar-refractivity contribution in [3.8, 4) is 12.3 Å². The third kappa shape index (κ3) is 0.850. The molecule has 1 saturated carbocycles. The Morgan fingerprint density at radius 2 is 2.25 bits per heavy atom. The summed E-state index contributed by atoms with van der Waals surface area (Å²) in [6.07, 6.45) is 8.91. The summed E-state index contributed by atoms with van der Waals surface area (Å²) < 4.78 is 0. The maximum atomic E-state index is 5.54. The molecule has 0 aromatic heterocycles. The predicted octanol–water partition coefficient (Wildman–Crippen LogP) is 0.747. The van der Waals surface area contributed by atoms with Gasteiger partial charge in [-0.05, 0) is 18.8 Å². The highest BCUT2D eigenvalue weighted by atomic mass is 14.6. The molecule has 2 N–H and O–H groups in total. The van der Waals surface area contributed by atoms with Gasteiger partial charge in [0.2, 0.25) is 0 Å². The topological polar surface area (TPSA) is 26.0 Å². The highest BCUT2D eigenvalue weighted by Crippen LogP contribution is 2.27. The Hall–Kier alpha value is -0.480. The summed E-state index contributed by atoms with van der Waals surface area (Å²) in [5.74, 6) is 3.18. The molecule has 1 aliphatic rings. The Bertz CT molecular complexity index is 108. The van der Waals surface area contributed by atoms with Crippen molar-refractivity contribution in [1.29, 1.82) is 0 Å². The van der Waals surface area contributed by atoms with Gasteiger partial charge in [0, 0.05) is 0 Å². The predicted molar refractivity (Wildman–Crippen MR) is 34.1 cm³/mol. The molecule has 0 amide bonds.